The zero-order valence-corrected chi connectivity index (χ0v) is 15.1. The van der Waals surface area contributed by atoms with Gasteiger partial charge in [-0.1, -0.05) is 25.2 Å². The van der Waals surface area contributed by atoms with Crippen LogP contribution in [0.15, 0.2) is 23.8 Å². The van der Waals surface area contributed by atoms with Crippen LogP contribution < -0.4 is 0 Å². The molecule has 0 amide bonds. The summed E-state index contributed by atoms with van der Waals surface area (Å²) in [5, 5.41) is 10.7. The maximum absolute atomic E-state index is 12.0. The van der Waals surface area contributed by atoms with Crippen molar-refractivity contribution in [1.82, 2.24) is 0 Å². The van der Waals surface area contributed by atoms with Crippen LogP contribution in [0.1, 0.15) is 59.3 Å². The van der Waals surface area contributed by atoms with E-state index in [1.807, 2.05) is 6.92 Å². The Morgan fingerprint density at radius 1 is 1.42 bits per heavy atom. The Kier molecular flexibility index (Phi) is 4.89. The highest BCUT2D eigenvalue weighted by Crippen LogP contribution is 2.47. The second kappa shape index (κ2) is 6.64. The number of carbonyl (C=O) groups excluding carboxylic acids is 1. The smallest absolute Gasteiger partial charge is 0.334 e. The van der Waals surface area contributed by atoms with Gasteiger partial charge < -0.3 is 14.6 Å². The predicted molar refractivity (Wildman–Crippen MR) is 92.4 cm³/mol. The van der Waals surface area contributed by atoms with Gasteiger partial charge in [0.15, 0.2) is 0 Å². The Morgan fingerprint density at radius 2 is 2.17 bits per heavy atom. The highest BCUT2D eigenvalue weighted by Gasteiger charge is 2.55. The van der Waals surface area contributed by atoms with Gasteiger partial charge in [-0.15, -0.1) is 0 Å². The van der Waals surface area contributed by atoms with E-state index in [4.69, 9.17) is 9.47 Å². The standard InChI is InChI=1S/C20H30O4/c1-12-7-5-9-13(2)17(21)18-15(14(3)19(22)23-18)11-16-20(4,24-16)10-6-8-12/h8,13,15-18,21H,3,5-7,9-11H2,1-2,4H3. The molecular weight excluding hydrogens is 304 g/mol. The van der Waals surface area contributed by atoms with Crippen LogP contribution in [0.3, 0.4) is 0 Å². The Bertz CT molecular complexity index is 552. The first kappa shape index (κ1) is 17.7. The van der Waals surface area contributed by atoms with Crippen molar-refractivity contribution in [2.24, 2.45) is 11.8 Å². The van der Waals surface area contributed by atoms with E-state index in [2.05, 4.69) is 26.5 Å². The fraction of sp³-hybridized carbons (Fsp3) is 0.750. The Morgan fingerprint density at radius 3 is 2.92 bits per heavy atom. The van der Waals surface area contributed by atoms with Gasteiger partial charge in [-0.2, -0.15) is 0 Å². The molecule has 6 unspecified atom stereocenters. The molecule has 6 atom stereocenters. The molecule has 2 heterocycles. The van der Waals surface area contributed by atoms with E-state index in [0.717, 1.165) is 32.1 Å². The van der Waals surface area contributed by atoms with Gasteiger partial charge in [-0.25, -0.2) is 4.79 Å². The summed E-state index contributed by atoms with van der Waals surface area (Å²) in [5.41, 5.74) is 1.79. The maximum atomic E-state index is 12.0. The Labute approximate surface area is 144 Å². The number of hydrogen-bond donors (Lipinski definition) is 1. The highest BCUT2D eigenvalue weighted by molar-refractivity contribution is 5.90. The van der Waals surface area contributed by atoms with Crippen molar-refractivity contribution in [2.75, 3.05) is 0 Å². The zero-order chi connectivity index (χ0) is 17.5. The maximum Gasteiger partial charge on any atom is 0.334 e. The third-order valence-electron chi connectivity index (χ3n) is 6.14. The van der Waals surface area contributed by atoms with Gasteiger partial charge in [0.2, 0.25) is 0 Å². The fourth-order valence-electron chi connectivity index (χ4n) is 4.16. The van der Waals surface area contributed by atoms with Crippen LogP contribution in [0, 0.1) is 11.8 Å². The number of aliphatic hydroxyl groups is 1. The lowest BCUT2D eigenvalue weighted by Gasteiger charge is -2.27. The van der Waals surface area contributed by atoms with Crippen LogP contribution in [-0.4, -0.2) is 35.0 Å². The fourth-order valence-corrected chi connectivity index (χ4v) is 4.16. The molecule has 134 valence electrons. The first-order chi connectivity index (χ1) is 11.3. The second-order valence-corrected chi connectivity index (χ2v) is 8.11. The van der Waals surface area contributed by atoms with Crippen molar-refractivity contribution in [2.45, 2.75) is 83.2 Å². The van der Waals surface area contributed by atoms with Crippen molar-refractivity contribution in [1.29, 1.82) is 0 Å². The van der Waals surface area contributed by atoms with Crippen molar-refractivity contribution in [3.05, 3.63) is 23.8 Å². The summed E-state index contributed by atoms with van der Waals surface area (Å²) in [7, 11) is 0. The van der Waals surface area contributed by atoms with E-state index in [1.54, 1.807) is 0 Å². The summed E-state index contributed by atoms with van der Waals surface area (Å²) in [6, 6.07) is 0. The molecule has 0 bridgehead atoms. The summed E-state index contributed by atoms with van der Waals surface area (Å²) in [6.07, 6.45) is 7.07. The SMILES string of the molecule is C=C1C(=O)OC2C1CC1OC1(C)CCC=C(C)CCCC(C)C2O. The molecule has 0 saturated carbocycles. The summed E-state index contributed by atoms with van der Waals surface area (Å²) in [6.45, 7) is 10.3. The molecule has 2 aliphatic heterocycles. The van der Waals surface area contributed by atoms with Crippen molar-refractivity contribution >= 4 is 5.97 Å². The van der Waals surface area contributed by atoms with Gasteiger partial charge >= 0.3 is 5.97 Å². The van der Waals surface area contributed by atoms with Crippen molar-refractivity contribution < 1.29 is 19.4 Å². The summed E-state index contributed by atoms with van der Waals surface area (Å²) in [5.74, 6) is -0.402. The number of epoxide rings is 1. The molecule has 4 heteroatoms. The van der Waals surface area contributed by atoms with E-state index in [9.17, 15) is 9.90 Å². The minimum Gasteiger partial charge on any atom is -0.456 e. The number of rotatable bonds is 0. The lowest BCUT2D eigenvalue weighted by Crippen LogP contribution is -2.37. The van der Waals surface area contributed by atoms with E-state index in [1.165, 1.54) is 5.57 Å². The number of hydrogen-bond acceptors (Lipinski definition) is 4. The summed E-state index contributed by atoms with van der Waals surface area (Å²) < 4.78 is 11.4. The Balaban J connectivity index is 1.79. The van der Waals surface area contributed by atoms with Gasteiger partial charge in [0.05, 0.1) is 17.8 Å². The third-order valence-corrected chi connectivity index (χ3v) is 6.14. The average Bonchev–Trinajstić information content (AvgIpc) is 3.08. The number of allylic oxidation sites excluding steroid dienone is 2. The molecule has 0 aromatic heterocycles. The van der Waals surface area contributed by atoms with Gasteiger partial charge in [0.1, 0.15) is 6.10 Å². The quantitative estimate of drug-likeness (QED) is 0.319. The minimum absolute atomic E-state index is 0.0958. The molecule has 0 radical (unpaired) electrons. The number of fused-ring (bicyclic) bond motifs is 2. The molecule has 2 fully saturated rings. The molecule has 4 nitrogen and oxygen atoms in total. The van der Waals surface area contributed by atoms with Gasteiger partial charge in [-0.3, -0.25) is 0 Å². The molecule has 3 aliphatic rings. The van der Waals surface area contributed by atoms with Gasteiger partial charge in [-0.05, 0) is 58.3 Å². The topological polar surface area (TPSA) is 59.1 Å². The van der Waals surface area contributed by atoms with Crippen LogP contribution in [0.5, 0.6) is 0 Å². The van der Waals surface area contributed by atoms with Crippen molar-refractivity contribution in [3.8, 4) is 0 Å². The molecule has 2 saturated heterocycles. The molecule has 3 rings (SSSR count). The highest BCUT2D eigenvalue weighted by atomic mass is 16.6. The third kappa shape index (κ3) is 3.45. The van der Waals surface area contributed by atoms with Crippen LogP contribution >= 0.6 is 0 Å². The summed E-state index contributed by atoms with van der Waals surface area (Å²) >= 11 is 0. The second-order valence-electron chi connectivity index (χ2n) is 8.11. The molecule has 0 aromatic carbocycles. The van der Waals surface area contributed by atoms with Crippen LogP contribution in [0.4, 0.5) is 0 Å². The van der Waals surface area contributed by atoms with E-state index in [-0.39, 0.29) is 29.5 Å². The lowest BCUT2D eigenvalue weighted by atomic mass is 9.82. The molecule has 0 aromatic rings. The number of aliphatic hydroxyl groups excluding tert-OH is 1. The number of ether oxygens (including phenoxy) is 2. The normalized spacial score (nSPS) is 44.0. The first-order valence-corrected chi connectivity index (χ1v) is 9.23. The molecule has 24 heavy (non-hydrogen) atoms. The number of carbonyl (C=O) groups is 1. The Hall–Kier alpha value is -1.13. The summed E-state index contributed by atoms with van der Waals surface area (Å²) in [4.78, 5) is 12.0. The van der Waals surface area contributed by atoms with Crippen molar-refractivity contribution in [3.63, 3.8) is 0 Å². The molecule has 1 N–H and O–H groups in total. The molecule has 1 aliphatic carbocycles. The van der Waals surface area contributed by atoms with Crippen LogP contribution in [0.25, 0.3) is 0 Å². The van der Waals surface area contributed by atoms with Crippen LogP contribution in [-0.2, 0) is 14.3 Å². The monoisotopic (exact) mass is 334 g/mol. The minimum atomic E-state index is -0.643. The predicted octanol–water partition coefficient (Wildman–Crippen LogP) is 3.54. The van der Waals surface area contributed by atoms with E-state index < -0.39 is 12.2 Å². The first-order valence-electron chi connectivity index (χ1n) is 9.23. The van der Waals surface area contributed by atoms with Crippen LogP contribution in [0.2, 0.25) is 0 Å². The van der Waals surface area contributed by atoms with Gasteiger partial charge in [0, 0.05) is 11.5 Å². The largest absolute Gasteiger partial charge is 0.456 e. The molecular formula is C20H30O4. The molecule has 0 spiro atoms. The van der Waals surface area contributed by atoms with E-state index >= 15 is 0 Å². The zero-order valence-electron chi connectivity index (χ0n) is 15.1. The lowest BCUT2D eigenvalue weighted by molar-refractivity contribution is -0.146. The van der Waals surface area contributed by atoms with Gasteiger partial charge in [0.25, 0.3) is 0 Å². The average molecular weight is 334 g/mol. The van der Waals surface area contributed by atoms with E-state index in [0.29, 0.717) is 12.0 Å². The number of esters is 1.